The Kier molecular flexibility index (Phi) is 5.37. The van der Waals surface area contributed by atoms with Crippen LogP contribution in [0.3, 0.4) is 0 Å². The zero-order valence-corrected chi connectivity index (χ0v) is 12.8. The first-order valence-electron chi connectivity index (χ1n) is 7.86. The van der Waals surface area contributed by atoms with Crippen molar-refractivity contribution in [2.45, 2.75) is 50.6 Å². The molecule has 1 fully saturated rings. The van der Waals surface area contributed by atoms with Crippen LogP contribution in [0.4, 0.5) is 13.2 Å². The maximum Gasteiger partial charge on any atom is 0.398 e. The van der Waals surface area contributed by atoms with Gasteiger partial charge in [-0.15, -0.1) is 0 Å². The van der Waals surface area contributed by atoms with E-state index in [1.807, 2.05) is 0 Å². The van der Waals surface area contributed by atoms with E-state index in [-0.39, 0.29) is 24.3 Å². The quantitative estimate of drug-likeness (QED) is 0.697. The minimum absolute atomic E-state index is 0.0227. The molecule has 1 aromatic rings. The predicted molar refractivity (Wildman–Crippen MR) is 78.9 cm³/mol. The van der Waals surface area contributed by atoms with Gasteiger partial charge in [0.1, 0.15) is 5.75 Å². The summed E-state index contributed by atoms with van der Waals surface area (Å²) in [6, 6.07) is 5.35. The monoisotopic (exact) mass is 316 g/mol. The SMILES string of the molecule is CCCCCCOCC1CC1(c1ccc(O)cc1)C(F)(F)F. The Morgan fingerprint density at radius 3 is 2.45 bits per heavy atom. The zero-order valence-electron chi connectivity index (χ0n) is 12.8. The minimum atomic E-state index is -4.29. The summed E-state index contributed by atoms with van der Waals surface area (Å²) in [6.45, 7) is 2.78. The van der Waals surface area contributed by atoms with E-state index in [4.69, 9.17) is 4.74 Å². The number of benzene rings is 1. The van der Waals surface area contributed by atoms with Crippen molar-refractivity contribution in [2.24, 2.45) is 5.92 Å². The van der Waals surface area contributed by atoms with Gasteiger partial charge in [-0.2, -0.15) is 13.2 Å². The fraction of sp³-hybridized carbons (Fsp3) is 0.647. The summed E-state index contributed by atoms with van der Waals surface area (Å²) in [5, 5.41) is 9.25. The molecule has 1 saturated carbocycles. The largest absolute Gasteiger partial charge is 0.508 e. The molecule has 0 amide bonds. The Labute approximate surface area is 129 Å². The van der Waals surface area contributed by atoms with E-state index in [0.29, 0.717) is 6.61 Å². The lowest BCUT2D eigenvalue weighted by Crippen LogP contribution is -2.32. The molecule has 5 heteroatoms. The molecule has 124 valence electrons. The Hall–Kier alpha value is -1.23. The average Bonchev–Trinajstić information content (AvgIpc) is 3.19. The van der Waals surface area contributed by atoms with Crippen molar-refractivity contribution >= 4 is 0 Å². The van der Waals surface area contributed by atoms with Crippen LogP contribution in [0.25, 0.3) is 0 Å². The van der Waals surface area contributed by atoms with Gasteiger partial charge in [-0.1, -0.05) is 38.3 Å². The predicted octanol–water partition coefficient (Wildman–Crippen LogP) is 4.81. The molecule has 2 unspecified atom stereocenters. The van der Waals surface area contributed by atoms with Gasteiger partial charge < -0.3 is 9.84 Å². The summed E-state index contributed by atoms with van der Waals surface area (Å²) < 4.78 is 45.9. The molecule has 1 aromatic carbocycles. The van der Waals surface area contributed by atoms with E-state index in [1.165, 1.54) is 24.3 Å². The van der Waals surface area contributed by atoms with Crippen molar-refractivity contribution in [2.75, 3.05) is 13.2 Å². The lowest BCUT2D eigenvalue weighted by Gasteiger charge is -2.22. The van der Waals surface area contributed by atoms with Gasteiger partial charge in [0.05, 0.1) is 12.0 Å². The van der Waals surface area contributed by atoms with Crippen LogP contribution in [0.2, 0.25) is 0 Å². The molecule has 0 aliphatic heterocycles. The smallest absolute Gasteiger partial charge is 0.398 e. The number of rotatable bonds is 8. The molecule has 0 spiro atoms. The first-order valence-corrected chi connectivity index (χ1v) is 7.86. The van der Waals surface area contributed by atoms with E-state index < -0.39 is 17.5 Å². The van der Waals surface area contributed by atoms with Crippen molar-refractivity contribution in [3.8, 4) is 5.75 Å². The van der Waals surface area contributed by atoms with E-state index in [1.54, 1.807) is 0 Å². The van der Waals surface area contributed by atoms with Gasteiger partial charge in [-0.3, -0.25) is 0 Å². The standard InChI is InChI=1S/C17H23F3O2/c1-2-3-4-5-10-22-12-14-11-16(14,17(18,19)20)13-6-8-15(21)9-7-13/h6-9,14,21H,2-5,10-12H2,1H3. The van der Waals surface area contributed by atoms with E-state index >= 15 is 0 Å². The summed E-state index contributed by atoms with van der Waals surface area (Å²) in [7, 11) is 0. The number of phenolic OH excluding ortho intramolecular Hbond substituents is 1. The zero-order chi connectivity index (χ0) is 16.2. The second-order valence-corrected chi connectivity index (χ2v) is 6.05. The molecule has 0 aromatic heterocycles. The Balaban J connectivity index is 1.92. The molecule has 1 aliphatic carbocycles. The van der Waals surface area contributed by atoms with Crippen molar-refractivity contribution in [1.82, 2.24) is 0 Å². The molecule has 2 atom stereocenters. The maximum atomic E-state index is 13.5. The van der Waals surface area contributed by atoms with Crippen LogP contribution in [0.15, 0.2) is 24.3 Å². The fourth-order valence-corrected chi connectivity index (χ4v) is 3.01. The first-order chi connectivity index (χ1) is 10.4. The first kappa shape index (κ1) is 17.1. The number of halogens is 3. The highest BCUT2D eigenvalue weighted by Crippen LogP contribution is 2.63. The summed E-state index contributed by atoms with van der Waals surface area (Å²) >= 11 is 0. The number of aromatic hydroxyl groups is 1. The van der Waals surface area contributed by atoms with Crippen LogP contribution >= 0.6 is 0 Å². The summed E-state index contributed by atoms with van der Waals surface area (Å²) in [4.78, 5) is 0. The van der Waals surface area contributed by atoms with Gasteiger partial charge in [0, 0.05) is 12.5 Å². The van der Waals surface area contributed by atoms with E-state index in [9.17, 15) is 18.3 Å². The topological polar surface area (TPSA) is 29.5 Å². The molecule has 2 nitrogen and oxygen atoms in total. The number of ether oxygens (including phenoxy) is 1. The second-order valence-electron chi connectivity index (χ2n) is 6.05. The van der Waals surface area contributed by atoms with Crippen LogP contribution in [0.5, 0.6) is 5.75 Å². The fourth-order valence-electron chi connectivity index (χ4n) is 3.01. The molecule has 1 aliphatic rings. The van der Waals surface area contributed by atoms with Crippen molar-refractivity contribution in [3.05, 3.63) is 29.8 Å². The summed E-state index contributed by atoms with van der Waals surface area (Å²) in [6.07, 6.45) is -0.00772. The molecule has 1 N–H and O–H groups in total. The third-order valence-corrected chi connectivity index (χ3v) is 4.45. The van der Waals surface area contributed by atoms with Gasteiger partial charge in [-0.25, -0.2) is 0 Å². The van der Waals surface area contributed by atoms with Crippen molar-refractivity contribution in [3.63, 3.8) is 0 Å². The normalized spacial score (nSPS) is 24.5. The van der Waals surface area contributed by atoms with Gasteiger partial charge in [-0.05, 0) is 30.5 Å². The van der Waals surface area contributed by atoms with Crippen molar-refractivity contribution in [1.29, 1.82) is 0 Å². The van der Waals surface area contributed by atoms with Gasteiger partial charge in [0.25, 0.3) is 0 Å². The minimum Gasteiger partial charge on any atom is -0.508 e. The number of alkyl halides is 3. The molecular formula is C17H23F3O2. The molecule has 2 rings (SSSR count). The molecular weight excluding hydrogens is 293 g/mol. The van der Waals surface area contributed by atoms with Crippen molar-refractivity contribution < 1.29 is 23.0 Å². The molecule has 0 saturated heterocycles. The summed E-state index contributed by atoms with van der Waals surface area (Å²) in [5.74, 6) is -0.548. The van der Waals surface area contributed by atoms with Gasteiger partial charge in [0.2, 0.25) is 0 Å². The molecule has 0 radical (unpaired) electrons. The highest BCUT2D eigenvalue weighted by Gasteiger charge is 2.71. The van der Waals surface area contributed by atoms with Crippen LogP contribution in [-0.2, 0) is 10.2 Å². The second kappa shape index (κ2) is 6.90. The lowest BCUT2D eigenvalue weighted by molar-refractivity contribution is -0.166. The third kappa shape index (κ3) is 3.57. The highest BCUT2D eigenvalue weighted by molar-refractivity contribution is 5.39. The van der Waals surface area contributed by atoms with Gasteiger partial charge in [0.15, 0.2) is 0 Å². The average molecular weight is 316 g/mol. The summed E-state index contributed by atoms with van der Waals surface area (Å²) in [5.41, 5.74) is -1.58. The van der Waals surface area contributed by atoms with Gasteiger partial charge >= 0.3 is 6.18 Å². The Morgan fingerprint density at radius 2 is 1.86 bits per heavy atom. The Morgan fingerprint density at radius 1 is 1.18 bits per heavy atom. The molecule has 0 bridgehead atoms. The lowest BCUT2D eigenvalue weighted by atomic mass is 9.92. The van der Waals surface area contributed by atoms with Crippen LogP contribution in [-0.4, -0.2) is 24.5 Å². The molecule has 22 heavy (non-hydrogen) atoms. The van der Waals surface area contributed by atoms with E-state index in [0.717, 1.165) is 25.7 Å². The number of hydrogen-bond acceptors (Lipinski definition) is 2. The maximum absolute atomic E-state index is 13.5. The molecule has 0 heterocycles. The number of phenols is 1. The van der Waals surface area contributed by atoms with Crippen LogP contribution in [0.1, 0.15) is 44.6 Å². The van der Waals surface area contributed by atoms with Crippen LogP contribution < -0.4 is 0 Å². The Bertz CT molecular complexity index is 470. The van der Waals surface area contributed by atoms with E-state index in [2.05, 4.69) is 6.92 Å². The highest BCUT2D eigenvalue weighted by atomic mass is 19.4. The number of unbranched alkanes of at least 4 members (excludes halogenated alkanes) is 3. The third-order valence-electron chi connectivity index (χ3n) is 4.45. The van der Waals surface area contributed by atoms with Crippen LogP contribution in [0, 0.1) is 5.92 Å². The number of hydrogen-bond donors (Lipinski definition) is 1.